The van der Waals surface area contributed by atoms with Crippen molar-refractivity contribution in [2.24, 2.45) is 10.2 Å². The molecule has 21 heavy (non-hydrogen) atoms. The molecule has 0 amide bonds. The van der Waals surface area contributed by atoms with E-state index in [2.05, 4.69) is 15.2 Å². The van der Waals surface area contributed by atoms with Crippen LogP contribution in [-0.4, -0.2) is 14.5 Å². The maximum atomic E-state index is 9.25. The minimum Gasteiger partial charge on any atom is -0.392 e. The Morgan fingerprint density at radius 3 is 2.67 bits per heavy atom. The first kappa shape index (κ1) is 13.5. The van der Waals surface area contributed by atoms with Gasteiger partial charge in [-0.1, -0.05) is 24.3 Å². The first-order valence-electron chi connectivity index (χ1n) is 6.75. The Morgan fingerprint density at radius 2 is 1.90 bits per heavy atom. The molecule has 1 N–H and O–H groups in total. The molecule has 5 nitrogen and oxygen atoms in total. The number of aliphatic hydroxyl groups is 1. The molecule has 0 saturated heterocycles. The lowest BCUT2D eigenvalue weighted by Gasteiger charge is -2.00. The van der Waals surface area contributed by atoms with Gasteiger partial charge in [0, 0.05) is 6.20 Å². The van der Waals surface area contributed by atoms with Crippen molar-refractivity contribution in [1.29, 1.82) is 0 Å². The fraction of sp³-hybridized carbons (Fsp3) is 0.188. The summed E-state index contributed by atoms with van der Waals surface area (Å²) >= 11 is 0. The molecule has 106 valence electrons. The zero-order valence-electron chi connectivity index (χ0n) is 12.0. The highest BCUT2D eigenvalue weighted by Gasteiger charge is 2.08. The molecule has 0 aliphatic heterocycles. The first-order chi connectivity index (χ1) is 10.2. The second-order valence-electron chi connectivity index (χ2n) is 4.93. The lowest BCUT2D eigenvalue weighted by Crippen LogP contribution is -1.89. The van der Waals surface area contributed by atoms with Gasteiger partial charge in [-0.05, 0) is 37.1 Å². The zero-order valence-corrected chi connectivity index (χ0v) is 12.0. The van der Waals surface area contributed by atoms with Crippen molar-refractivity contribution >= 4 is 17.2 Å². The highest BCUT2D eigenvalue weighted by atomic mass is 16.3. The SMILES string of the molecule is Cc1ccccc1N=Nc1c(C)nc2ccc(CO)cn12. The quantitative estimate of drug-likeness (QED) is 0.740. The molecule has 0 atom stereocenters. The summed E-state index contributed by atoms with van der Waals surface area (Å²) in [5.41, 5.74) is 4.33. The van der Waals surface area contributed by atoms with Gasteiger partial charge in [0.1, 0.15) is 5.65 Å². The summed E-state index contributed by atoms with van der Waals surface area (Å²) < 4.78 is 1.85. The third-order valence-corrected chi connectivity index (χ3v) is 3.37. The van der Waals surface area contributed by atoms with Crippen LogP contribution in [0.25, 0.3) is 5.65 Å². The number of imidazole rings is 1. The van der Waals surface area contributed by atoms with Crippen molar-refractivity contribution in [1.82, 2.24) is 9.38 Å². The average Bonchev–Trinajstić information content (AvgIpc) is 2.81. The van der Waals surface area contributed by atoms with E-state index in [1.807, 2.05) is 60.8 Å². The maximum absolute atomic E-state index is 9.25. The third kappa shape index (κ3) is 2.55. The van der Waals surface area contributed by atoms with Gasteiger partial charge in [0.05, 0.1) is 18.0 Å². The number of aromatic nitrogens is 2. The molecule has 3 rings (SSSR count). The predicted octanol–water partition coefficient (Wildman–Crippen LogP) is 3.86. The summed E-state index contributed by atoms with van der Waals surface area (Å²) in [6.07, 6.45) is 1.83. The average molecular weight is 280 g/mol. The minimum atomic E-state index is -0.0124. The molecular weight excluding hydrogens is 264 g/mol. The van der Waals surface area contributed by atoms with Crippen LogP contribution in [0.4, 0.5) is 11.5 Å². The van der Waals surface area contributed by atoms with Gasteiger partial charge in [-0.2, -0.15) is 0 Å². The van der Waals surface area contributed by atoms with Gasteiger partial charge >= 0.3 is 0 Å². The van der Waals surface area contributed by atoms with E-state index >= 15 is 0 Å². The number of azo groups is 1. The van der Waals surface area contributed by atoms with E-state index in [-0.39, 0.29) is 6.61 Å². The van der Waals surface area contributed by atoms with Crippen molar-refractivity contribution in [3.8, 4) is 0 Å². The van der Waals surface area contributed by atoms with E-state index in [1.54, 1.807) is 0 Å². The van der Waals surface area contributed by atoms with E-state index in [0.717, 1.165) is 28.2 Å². The van der Waals surface area contributed by atoms with Gasteiger partial charge in [-0.15, -0.1) is 10.2 Å². The van der Waals surface area contributed by atoms with E-state index in [0.29, 0.717) is 5.82 Å². The number of nitrogens with zero attached hydrogens (tertiary/aromatic N) is 4. The zero-order chi connectivity index (χ0) is 14.8. The molecule has 2 aromatic heterocycles. The van der Waals surface area contributed by atoms with E-state index in [9.17, 15) is 5.11 Å². The van der Waals surface area contributed by atoms with Crippen molar-refractivity contribution < 1.29 is 5.11 Å². The summed E-state index contributed by atoms with van der Waals surface area (Å²) in [5.74, 6) is 0.684. The molecule has 0 bridgehead atoms. The van der Waals surface area contributed by atoms with Crippen LogP contribution in [0.3, 0.4) is 0 Å². The Bertz CT molecular complexity index is 820. The summed E-state index contributed by atoms with van der Waals surface area (Å²) in [6.45, 7) is 3.89. The summed E-state index contributed by atoms with van der Waals surface area (Å²) in [6, 6.07) is 11.6. The predicted molar refractivity (Wildman–Crippen MR) is 81.2 cm³/mol. The Labute approximate surface area is 122 Å². The molecule has 0 saturated carbocycles. The normalized spacial score (nSPS) is 11.6. The lowest BCUT2D eigenvalue weighted by atomic mass is 10.2. The van der Waals surface area contributed by atoms with Gasteiger partial charge in [0.2, 0.25) is 0 Å². The molecule has 5 heteroatoms. The first-order valence-corrected chi connectivity index (χ1v) is 6.75. The Balaban J connectivity index is 2.07. The fourth-order valence-corrected chi connectivity index (χ4v) is 2.18. The molecule has 3 aromatic rings. The van der Waals surface area contributed by atoms with E-state index in [4.69, 9.17) is 0 Å². The maximum Gasteiger partial charge on any atom is 0.182 e. The molecular formula is C16H16N4O. The van der Waals surface area contributed by atoms with Crippen LogP contribution in [-0.2, 0) is 6.61 Å². The summed E-state index contributed by atoms with van der Waals surface area (Å²) in [5, 5.41) is 17.9. The molecule has 0 unspecified atom stereocenters. The second kappa shape index (κ2) is 5.46. The monoisotopic (exact) mass is 280 g/mol. The Morgan fingerprint density at radius 1 is 1.10 bits per heavy atom. The number of rotatable bonds is 3. The topological polar surface area (TPSA) is 62.2 Å². The number of benzene rings is 1. The minimum absolute atomic E-state index is 0.0124. The van der Waals surface area contributed by atoms with Gasteiger partial charge in [-0.3, -0.25) is 4.40 Å². The smallest absolute Gasteiger partial charge is 0.182 e. The van der Waals surface area contributed by atoms with Crippen LogP contribution in [0, 0.1) is 13.8 Å². The fourth-order valence-electron chi connectivity index (χ4n) is 2.18. The molecule has 0 radical (unpaired) electrons. The molecule has 0 aliphatic rings. The molecule has 0 spiro atoms. The van der Waals surface area contributed by atoms with Gasteiger partial charge in [0.15, 0.2) is 5.82 Å². The van der Waals surface area contributed by atoms with Crippen molar-refractivity contribution in [3.63, 3.8) is 0 Å². The highest BCUT2D eigenvalue weighted by Crippen LogP contribution is 2.25. The Kier molecular flexibility index (Phi) is 3.50. The van der Waals surface area contributed by atoms with Crippen LogP contribution in [0.2, 0.25) is 0 Å². The van der Waals surface area contributed by atoms with E-state index < -0.39 is 0 Å². The molecule has 0 fully saturated rings. The van der Waals surface area contributed by atoms with Crippen molar-refractivity contribution in [2.75, 3.05) is 0 Å². The number of aryl methyl sites for hydroxylation is 2. The summed E-state index contributed by atoms with van der Waals surface area (Å²) in [4.78, 5) is 4.45. The van der Waals surface area contributed by atoms with E-state index in [1.165, 1.54) is 0 Å². The standard InChI is InChI=1S/C16H16N4O/c1-11-5-3-4-6-14(11)18-19-16-12(2)17-15-8-7-13(10-21)9-20(15)16/h3-9,21H,10H2,1-2H3. The number of hydrogen-bond donors (Lipinski definition) is 1. The van der Waals surface area contributed by atoms with Crippen LogP contribution in [0.1, 0.15) is 16.8 Å². The molecule has 0 aliphatic carbocycles. The highest BCUT2D eigenvalue weighted by molar-refractivity contribution is 5.53. The van der Waals surface area contributed by atoms with Crippen molar-refractivity contribution in [3.05, 3.63) is 59.4 Å². The van der Waals surface area contributed by atoms with Crippen LogP contribution in [0.5, 0.6) is 0 Å². The van der Waals surface area contributed by atoms with Crippen LogP contribution in [0.15, 0.2) is 52.8 Å². The molecule has 1 aromatic carbocycles. The van der Waals surface area contributed by atoms with Gasteiger partial charge < -0.3 is 5.11 Å². The molecule has 2 heterocycles. The lowest BCUT2D eigenvalue weighted by molar-refractivity contribution is 0.281. The second-order valence-corrected chi connectivity index (χ2v) is 4.93. The van der Waals surface area contributed by atoms with Crippen LogP contribution >= 0.6 is 0 Å². The van der Waals surface area contributed by atoms with Gasteiger partial charge in [0.25, 0.3) is 0 Å². The number of fused-ring (bicyclic) bond motifs is 1. The number of pyridine rings is 1. The number of aliphatic hydroxyl groups excluding tert-OH is 1. The third-order valence-electron chi connectivity index (χ3n) is 3.37. The summed E-state index contributed by atoms with van der Waals surface area (Å²) in [7, 11) is 0. The largest absolute Gasteiger partial charge is 0.392 e. The van der Waals surface area contributed by atoms with Gasteiger partial charge in [-0.25, -0.2) is 4.98 Å². The number of hydrogen-bond acceptors (Lipinski definition) is 4. The van der Waals surface area contributed by atoms with Crippen LogP contribution < -0.4 is 0 Å². The Hall–Kier alpha value is -2.53. The van der Waals surface area contributed by atoms with Crippen molar-refractivity contribution in [2.45, 2.75) is 20.5 Å².